The summed E-state index contributed by atoms with van der Waals surface area (Å²) in [6.45, 7) is 7.04. The largest absolute Gasteiger partial charge is 0.394 e. The maximum absolute atomic E-state index is 11.3. The van der Waals surface area contributed by atoms with Crippen LogP contribution in [0.15, 0.2) is 0 Å². The molecule has 1 rings (SSSR count). The fraction of sp³-hybridized carbons (Fsp3) is 0.917. The molecule has 0 saturated carbocycles. The predicted octanol–water partition coefficient (Wildman–Crippen LogP) is -0.837. The zero-order valence-corrected chi connectivity index (χ0v) is 11.5. The molecule has 1 aliphatic rings. The highest BCUT2D eigenvalue weighted by Crippen LogP contribution is 2.43. The van der Waals surface area contributed by atoms with Gasteiger partial charge >= 0.3 is 0 Å². The molecule has 0 bridgehead atoms. The van der Waals surface area contributed by atoms with Gasteiger partial charge in [-0.3, -0.25) is 4.79 Å². The van der Waals surface area contributed by atoms with Crippen molar-refractivity contribution in [2.24, 2.45) is 0 Å². The van der Waals surface area contributed by atoms with Crippen LogP contribution in [0.3, 0.4) is 0 Å². The fourth-order valence-corrected chi connectivity index (χ4v) is 2.56. The Morgan fingerprint density at radius 3 is 2.22 bits per heavy atom. The molecule has 1 heterocycles. The molecule has 0 radical (unpaired) electrons. The lowest BCUT2D eigenvalue weighted by Gasteiger charge is -2.59. The summed E-state index contributed by atoms with van der Waals surface area (Å²) in [7, 11) is 0. The quantitative estimate of drug-likeness (QED) is 0.519. The highest BCUT2D eigenvalue weighted by molar-refractivity contribution is 5.74. The van der Waals surface area contributed by atoms with Crippen LogP contribution in [0.1, 0.15) is 34.6 Å². The first kappa shape index (κ1) is 15.4. The van der Waals surface area contributed by atoms with Crippen LogP contribution in [0.25, 0.3) is 0 Å². The Balaban J connectivity index is 3.25. The summed E-state index contributed by atoms with van der Waals surface area (Å²) in [6, 6.07) is 0. The number of carbonyl (C=O) groups is 1. The van der Waals surface area contributed by atoms with E-state index in [0.29, 0.717) is 0 Å². The molecular formula is C12H23NO5. The van der Waals surface area contributed by atoms with Gasteiger partial charge < -0.3 is 25.4 Å². The van der Waals surface area contributed by atoms with Crippen LogP contribution in [0, 0.1) is 0 Å². The molecule has 5 atom stereocenters. The standard InChI is InChI=1S/C12H23NO5/c1-7-10(3,13-8(2)15)12(5,17)11(4,16)9(6-14)18-7/h7,9,14,16-17H,6H2,1-5H3,(H,13,15). The van der Waals surface area contributed by atoms with Crippen LogP contribution < -0.4 is 5.32 Å². The zero-order chi connectivity index (χ0) is 14.4. The molecule has 0 aliphatic carbocycles. The van der Waals surface area contributed by atoms with Crippen molar-refractivity contribution in [2.75, 3.05) is 6.61 Å². The molecule has 0 aromatic rings. The summed E-state index contributed by atoms with van der Waals surface area (Å²) in [5.41, 5.74) is -4.50. The van der Waals surface area contributed by atoms with Crippen molar-refractivity contribution >= 4 is 5.91 Å². The Morgan fingerprint density at radius 1 is 1.33 bits per heavy atom. The van der Waals surface area contributed by atoms with Gasteiger partial charge in [-0.1, -0.05) is 0 Å². The van der Waals surface area contributed by atoms with E-state index in [1.54, 1.807) is 13.8 Å². The van der Waals surface area contributed by atoms with E-state index < -0.39 is 35.6 Å². The fourth-order valence-electron chi connectivity index (χ4n) is 2.56. The number of hydrogen-bond acceptors (Lipinski definition) is 5. The second kappa shape index (κ2) is 4.45. The maximum Gasteiger partial charge on any atom is 0.217 e. The van der Waals surface area contributed by atoms with Crippen LogP contribution in [0.2, 0.25) is 0 Å². The van der Waals surface area contributed by atoms with Gasteiger partial charge in [-0.05, 0) is 27.7 Å². The smallest absolute Gasteiger partial charge is 0.217 e. The van der Waals surface area contributed by atoms with Crippen molar-refractivity contribution in [1.29, 1.82) is 0 Å². The molecule has 0 aromatic carbocycles. The molecule has 4 N–H and O–H groups in total. The first-order valence-electron chi connectivity index (χ1n) is 6.00. The summed E-state index contributed by atoms with van der Waals surface area (Å²) < 4.78 is 5.53. The van der Waals surface area contributed by atoms with Crippen molar-refractivity contribution < 1.29 is 24.9 Å². The number of ether oxygens (including phenoxy) is 1. The minimum Gasteiger partial charge on any atom is -0.394 e. The summed E-state index contributed by atoms with van der Waals surface area (Å²) in [5.74, 6) is -0.327. The van der Waals surface area contributed by atoms with E-state index in [0.717, 1.165) is 0 Å². The van der Waals surface area contributed by atoms with Crippen molar-refractivity contribution in [1.82, 2.24) is 5.32 Å². The molecule has 1 aliphatic heterocycles. The van der Waals surface area contributed by atoms with E-state index in [9.17, 15) is 20.1 Å². The minimum atomic E-state index is -1.69. The van der Waals surface area contributed by atoms with Gasteiger partial charge in [0.1, 0.15) is 17.3 Å². The molecule has 0 aromatic heterocycles. The monoisotopic (exact) mass is 261 g/mol. The van der Waals surface area contributed by atoms with Crippen molar-refractivity contribution in [3.8, 4) is 0 Å². The number of nitrogens with one attached hydrogen (secondary N) is 1. The summed E-state index contributed by atoms with van der Waals surface area (Å²) in [6.07, 6.45) is -1.47. The average Bonchev–Trinajstić information content (AvgIpc) is 2.21. The molecule has 106 valence electrons. The van der Waals surface area contributed by atoms with Gasteiger partial charge in [0.15, 0.2) is 0 Å². The molecule has 1 saturated heterocycles. The van der Waals surface area contributed by atoms with Gasteiger partial charge in [0, 0.05) is 6.92 Å². The van der Waals surface area contributed by atoms with E-state index in [2.05, 4.69) is 5.32 Å². The maximum atomic E-state index is 11.3. The lowest BCUT2D eigenvalue weighted by Crippen LogP contribution is -2.81. The molecule has 1 amide bonds. The van der Waals surface area contributed by atoms with E-state index in [-0.39, 0.29) is 5.91 Å². The Morgan fingerprint density at radius 2 is 1.83 bits per heavy atom. The normalized spacial score (nSPS) is 48.9. The number of aliphatic hydroxyl groups is 3. The summed E-state index contributed by atoms with van der Waals surface area (Å²) in [5, 5.41) is 33.0. The van der Waals surface area contributed by atoms with Gasteiger partial charge in [-0.25, -0.2) is 0 Å². The third kappa shape index (κ3) is 1.93. The lowest BCUT2D eigenvalue weighted by molar-refractivity contribution is -0.300. The SMILES string of the molecule is CC(=O)NC1(C)C(C)OC(CO)C(C)(O)C1(C)O. The highest BCUT2D eigenvalue weighted by atomic mass is 16.5. The Kier molecular flexibility index (Phi) is 3.80. The Hall–Kier alpha value is -0.690. The first-order chi connectivity index (χ1) is 8.00. The van der Waals surface area contributed by atoms with E-state index >= 15 is 0 Å². The van der Waals surface area contributed by atoms with Crippen LogP contribution in [0.4, 0.5) is 0 Å². The third-order valence-electron chi connectivity index (χ3n) is 4.41. The van der Waals surface area contributed by atoms with Gasteiger partial charge in [0.05, 0.1) is 18.2 Å². The van der Waals surface area contributed by atoms with Gasteiger partial charge in [-0.2, -0.15) is 0 Å². The Labute approximate surface area is 107 Å². The van der Waals surface area contributed by atoms with Crippen LogP contribution in [-0.4, -0.2) is 56.8 Å². The molecule has 18 heavy (non-hydrogen) atoms. The molecule has 6 heteroatoms. The van der Waals surface area contributed by atoms with Crippen molar-refractivity contribution in [2.45, 2.75) is 63.6 Å². The van der Waals surface area contributed by atoms with Crippen molar-refractivity contribution in [3.05, 3.63) is 0 Å². The number of carbonyl (C=O) groups excluding carboxylic acids is 1. The number of aliphatic hydroxyl groups excluding tert-OH is 1. The first-order valence-corrected chi connectivity index (χ1v) is 6.00. The van der Waals surface area contributed by atoms with Crippen molar-refractivity contribution in [3.63, 3.8) is 0 Å². The van der Waals surface area contributed by atoms with Gasteiger partial charge in [0.2, 0.25) is 5.91 Å². The van der Waals surface area contributed by atoms with Crippen LogP contribution in [-0.2, 0) is 9.53 Å². The van der Waals surface area contributed by atoms with E-state index in [1.807, 2.05) is 0 Å². The van der Waals surface area contributed by atoms with E-state index in [4.69, 9.17) is 4.74 Å². The summed E-state index contributed by atoms with van der Waals surface area (Å²) >= 11 is 0. The molecule has 0 spiro atoms. The van der Waals surface area contributed by atoms with Gasteiger partial charge in [-0.15, -0.1) is 0 Å². The topological polar surface area (TPSA) is 99.0 Å². The van der Waals surface area contributed by atoms with Crippen LogP contribution >= 0.6 is 0 Å². The van der Waals surface area contributed by atoms with Gasteiger partial charge in [0.25, 0.3) is 0 Å². The summed E-state index contributed by atoms with van der Waals surface area (Å²) in [4.78, 5) is 11.3. The molecule has 5 unspecified atom stereocenters. The molecular weight excluding hydrogens is 238 g/mol. The lowest BCUT2D eigenvalue weighted by atomic mass is 9.64. The number of hydrogen-bond donors (Lipinski definition) is 4. The third-order valence-corrected chi connectivity index (χ3v) is 4.41. The molecule has 1 fully saturated rings. The molecule has 6 nitrogen and oxygen atoms in total. The highest BCUT2D eigenvalue weighted by Gasteiger charge is 2.65. The van der Waals surface area contributed by atoms with E-state index in [1.165, 1.54) is 20.8 Å². The van der Waals surface area contributed by atoms with Crippen LogP contribution in [0.5, 0.6) is 0 Å². The Bertz CT molecular complexity index is 341. The number of rotatable bonds is 2. The number of amides is 1. The second-order valence-corrected chi connectivity index (χ2v) is 5.55. The average molecular weight is 261 g/mol. The minimum absolute atomic E-state index is 0.327. The second-order valence-electron chi connectivity index (χ2n) is 5.55. The zero-order valence-electron chi connectivity index (χ0n) is 11.5. The predicted molar refractivity (Wildman–Crippen MR) is 64.9 cm³/mol.